The Morgan fingerprint density at radius 2 is 1.45 bits per heavy atom. The summed E-state index contributed by atoms with van der Waals surface area (Å²) in [5.41, 5.74) is 3.84. The quantitative estimate of drug-likeness (QED) is 0.187. The van der Waals surface area contributed by atoms with Crippen molar-refractivity contribution in [3.8, 4) is 0 Å². The number of rotatable bonds is 13. The van der Waals surface area contributed by atoms with Crippen LogP contribution in [0.5, 0.6) is 0 Å². The van der Waals surface area contributed by atoms with Gasteiger partial charge in [0.1, 0.15) is 12.6 Å². The van der Waals surface area contributed by atoms with Crippen molar-refractivity contribution in [1.82, 2.24) is 10.2 Å². The number of sulfonamides is 1. The summed E-state index contributed by atoms with van der Waals surface area (Å²) in [6.07, 6.45) is 0.998. The largest absolute Gasteiger partial charge is 0.354 e. The molecule has 0 saturated carbocycles. The molecule has 9 heteroatoms. The Kier molecular flexibility index (Phi) is 11.2. The van der Waals surface area contributed by atoms with Crippen LogP contribution in [0.2, 0.25) is 5.02 Å². The molecular weight excluding hydrogens is 594 g/mol. The van der Waals surface area contributed by atoms with E-state index in [-0.39, 0.29) is 23.8 Å². The van der Waals surface area contributed by atoms with Gasteiger partial charge in [-0.05, 0) is 67.3 Å². The third-order valence-electron chi connectivity index (χ3n) is 7.36. The van der Waals surface area contributed by atoms with Gasteiger partial charge in [-0.1, -0.05) is 96.9 Å². The van der Waals surface area contributed by atoms with Gasteiger partial charge in [0.05, 0.1) is 10.6 Å². The highest BCUT2D eigenvalue weighted by molar-refractivity contribution is 7.92. The van der Waals surface area contributed by atoms with E-state index in [4.69, 9.17) is 11.6 Å². The smallest absolute Gasteiger partial charge is 0.264 e. The number of nitrogens with one attached hydrogen (secondary N) is 1. The summed E-state index contributed by atoms with van der Waals surface area (Å²) in [4.78, 5) is 29.7. The number of amides is 2. The standard InChI is InChI=1S/C35H38ClN3O4S/c1-4-22-37-35(41)33(23-28-11-6-5-7-12-28)38(24-29-16-14-26(2)15-17-29)34(40)25-39(32-13-9-8-10-27(32)3)44(42,43)31-20-18-30(36)19-21-31/h5-21,33H,4,22-25H2,1-3H3,(H,37,41)/t33-/m0/s1. The molecule has 0 aliphatic carbocycles. The maximum absolute atomic E-state index is 14.5. The minimum absolute atomic E-state index is 0.00422. The summed E-state index contributed by atoms with van der Waals surface area (Å²) in [5.74, 6) is -0.793. The molecule has 0 bridgehead atoms. The molecule has 0 fully saturated rings. The highest BCUT2D eigenvalue weighted by Crippen LogP contribution is 2.28. The average Bonchev–Trinajstić information content (AvgIpc) is 3.02. The molecule has 0 aliphatic rings. The summed E-state index contributed by atoms with van der Waals surface area (Å²) >= 11 is 6.06. The van der Waals surface area contributed by atoms with E-state index in [9.17, 15) is 18.0 Å². The number of aryl methyl sites for hydroxylation is 2. The molecule has 7 nitrogen and oxygen atoms in total. The average molecular weight is 632 g/mol. The van der Waals surface area contributed by atoms with Crippen LogP contribution in [0.15, 0.2) is 108 Å². The fourth-order valence-electron chi connectivity index (χ4n) is 4.90. The first-order chi connectivity index (χ1) is 21.1. The summed E-state index contributed by atoms with van der Waals surface area (Å²) in [7, 11) is -4.19. The molecule has 4 aromatic rings. The Morgan fingerprint density at radius 1 is 0.818 bits per heavy atom. The van der Waals surface area contributed by atoms with Gasteiger partial charge < -0.3 is 10.2 Å². The number of nitrogens with zero attached hydrogens (tertiary/aromatic N) is 2. The molecule has 0 radical (unpaired) electrons. The number of hydrogen-bond donors (Lipinski definition) is 1. The van der Waals surface area contributed by atoms with Crippen molar-refractivity contribution < 1.29 is 18.0 Å². The predicted octanol–water partition coefficient (Wildman–Crippen LogP) is 6.32. The molecule has 2 amide bonds. The normalized spacial score (nSPS) is 11.9. The van der Waals surface area contributed by atoms with Crippen LogP contribution in [0.4, 0.5) is 5.69 Å². The van der Waals surface area contributed by atoms with E-state index in [1.54, 1.807) is 25.1 Å². The van der Waals surface area contributed by atoms with Gasteiger partial charge in [-0.2, -0.15) is 0 Å². The van der Waals surface area contributed by atoms with Crippen LogP contribution in [0.3, 0.4) is 0 Å². The van der Waals surface area contributed by atoms with Crippen LogP contribution >= 0.6 is 11.6 Å². The van der Waals surface area contributed by atoms with Crippen LogP contribution in [0.25, 0.3) is 0 Å². The monoisotopic (exact) mass is 631 g/mol. The number of hydrogen-bond acceptors (Lipinski definition) is 4. The van der Waals surface area contributed by atoms with Gasteiger partial charge in [0, 0.05) is 24.5 Å². The van der Waals surface area contributed by atoms with Crippen LogP contribution in [-0.2, 0) is 32.6 Å². The van der Waals surface area contributed by atoms with Crippen LogP contribution in [0.1, 0.15) is 35.6 Å². The second-order valence-electron chi connectivity index (χ2n) is 10.8. The molecule has 4 rings (SSSR count). The molecule has 0 aromatic heterocycles. The highest BCUT2D eigenvalue weighted by atomic mass is 35.5. The maximum Gasteiger partial charge on any atom is 0.264 e. The van der Waals surface area contributed by atoms with Gasteiger partial charge in [-0.15, -0.1) is 0 Å². The van der Waals surface area contributed by atoms with Gasteiger partial charge in [-0.3, -0.25) is 13.9 Å². The molecule has 4 aromatic carbocycles. The van der Waals surface area contributed by atoms with E-state index < -0.39 is 28.5 Å². The number of carbonyl (C=O) groups excluding carboxylic acids is 2. The van der Waals surface area contributed by atoms with Gasteiger partial charge in [-0.25, -0.2) is 8.42 Å². The number of benzene rings is 4. The van der Waals surface area contributed by atoms with E-state index in [0.717, 1.165) is 27.4 Å². The van der Waals surface area contributed by atoms with Crippen molar-refractivity contribution in [2.24, 2.45) is 0 Å². The second-order valence-corrected chi connectivity index (χ2v) is 13.1. The molecule has 1 atom stereocenters. The Morgan fingerprint density at radius 3 is 2.09 bits per heavy atom. The van der Waals surface area contributed by atoms with Crippen molar-refractivity contribution in [1.29, 1.82) is 0 Å². The van der Waals surface area contributed by atoms with Gasteiger partial charge in [0.2, 0.25) is 11.8 Å². The first-order valence-corrected chi connectivity index (χ1v) is 16.4. The van der Waals surface area contributed by atoms with E-state index in [1.807, 2.05) is 74.5 Å². The predicted molar refractivity (Wildman–Crippen MR) is 176 cm³/mol. The van der Waals surface area contributed by atoms with Crippen molar-refractivity contribution >= 4 is 39.1 Å². The summed E-state index contributed by atoms with van der Waals surface area (Å²) < 4.78 is 29.4. The SMILES string of the molecule is CCCNC(=O)[C@H](Cc1ccccc1)N(Cc1ccc(C)cc1)C(=O)CN(c1ccccc1C)S(=O)(=O)c1ccc(Cl)cc1. The fraction of sp³-hybridized carbons (Fsp3) is 0.257. The molecule has 1 N–H and O–H groups in total. The van der Waals surface area contributed by atoms with Crippen LogP contribution < -0.4 is 9.62 Å². The Labute approximate surface area is 265 Å². The van der Waals surface area contributed by atoms with E-state index in [2.05, 4.69) is 5.32 Å². The lowest BCUT2D eigenvalue weighted by atomic mass is 10.0. The minimum atomic E-state index is -4.19. The maximum atomic E-state index is 14.5. The second kappa shape index (κ2) is 15.0. The number of anilines is 1. The first-order valence-electron chi connectivity index (χ1n) is 14.6. The van der Waals surface area contributed by atoms with E-state index in [1.165, 1.54) is 29.2 Å². The van der Waals surface area contributed by atoms with E-state index >= 15 is 0 Å². The zero-order valence-corrected chi connectivity index (χ0v) is 26.8. The van der Waals surface area contributed by atoms with Crippen molar-refractivity contribution in [3.05, 3.63) is 130 Å². The number of para-hydroxylation sites is 1. The lowest BCUT2D eigenvalue weighted by molar-refractivity contribution is -0.140. The van der Waals surface area contributed by atoms with Gasteiger partial charge >= 0.3 is 0 Å². The van der Waals surface area contributed by atoms with Gasteiger partial charge in [0.15, 0.2) is 0 Å². The highest BCUT2D eigenvalue weighted by Gasteiger charge is 2.35. The third kappa shape index (κ3) is 8.27. The molecule has 0 aliphatic heterocycles. The van der Waals surface area contributed by atoms with Crippen LogP contribution in [0, 0.1) is 13.8 Å². The van der Waals surface area contributed by atoms with Crippen molar-refractivity contribution in [2.45, 2.75) is 51.1 Å². The van der Waals surface area contributed by atoms with Crippen LogP contribution in [-0.4, -0.2) is 44.3 Å². The Balaban J connectivity index is 1.80. The Bertz CT molecular complexity index is 1660. The zero-order valence-electron chi connectivity index (χ0n) is 25.2. The minimum Gasteiger partial charge on any atom is -0.354 e. The first kappa shape index (κ1) is 32.8. The number of carbonyl (C=O) groups is 2. The molecule has 0 heterocycles. The summed E-state index contributed by atoms with van der Waals surface area (Å²) in [5, 5.41) is 3.36. The summed E-state index contributed by atoms with van der Waals surface area (Å²) in [6, 6.07) is 29.2. The topological polar surface area (TPSA) is 86.8 Å². The molecule has 0 unspecified atom stereocenters. The van der Waals surface area contributed by atoms with Gasteiger partial charge in [0.25, 0.3) is 10.0 Å². The number of halogens is 1. The molecule has 0 saturated heterocycles. The molecule has 0 spiro atoms. The molecule has 44 heavy (non-hydrogen) atoms. The van der Waals surface area contributed by atoms with Crippen molar-refractivity contribution in [3.63, 3.8) is 0 Å². The molecular formula is C35H38ClN3O4S. The lowest BCUT2D eigenvalue weighted by Gasteiger charge is -2.34. The lowest BCUT2D eigenvalue weighted by Crippen LogP contribution is -2.53. The Hall–Kier alpha value is -4.14. The zero-order chi connectivity index (χ0) is 31.7. The van der Waals surface area contributed by atoms with E-state index in [0.29, 0.717) is 22.8 Å². The molecule has 230 valence electrons. The van der Waals surface area contributed by atoms with Crippen molar-refractivity contribution in [2.75, 3.05) is 17.4 Å². The summed E-state index contributed by atoms with van der Waals surface area (Å²) in [6.45, 7) is 5.81. The fourth-order valence-corrected chi connectivity index (χ4v) is 6.51. The third-order valence-corrected chi connectivity index (χ3v) is 9.38.